The van der Waals surface area contributed by atoms with Gasteiger partial charge in [0.05, 0.1) is 11.0 Å². The van der Waals surface area contributed by atoms with Gasteiger partial charge in [0.25, 0.3) is 11.6 Å². The molecule has 0 aromatic heterocycles. The van der Waals surface area contributed by atoms with Gasteiger partial charge in [-0.05, 0) is 35.4 Å². The number of nitro groups is 1. The molecular weight excluding hydrogens is 396 g/mol. The quantitative estimate of drug-likeness (QED) is 0.366. The number of amides is 1. The Kier molecular flexibility index (Phi) is 6.09. The predicted molar refractivity (Wildman–Crippen MR) is 109 cm³/mol. The van der Waals surface area contributed by atoms with E-state index in [9.17, 15) is 19.7 Å². The molecule has 0 heterocycles. The molecule has 0 aliphatic rings. The zero-order valence-electron chi connectivity index (χ0n) is 15.4. The Morgan fingerprint density at radius 2 is 1.86 bits per heavy atom. The third-order valence-corrected chi connectivity index (χ3v) is 4.61. The van der Waals surface area contributed by atoms with E-state index in [2.05, 4.69) is 5.32 Å². The number of rotatable bonds is 6. The summed E-state index contributed by atoms with van der Waals surface area (Å²) in [5.74, 6) is -1.49. The van der Waals surface area contributed by atoms with Crippen molar-refractivity contribution in [1.82, 2.24) is 5.32 Å². The van der Waals surface area contributed by atoms with Crippen molar-refractivity contribution in [1.29, 1.82) is 0 Å². The van der Waals surface area contributed by atoms with Crippen LogP contribution in [0, 0.1) is 10.1 Å². The van der Waals surface area contributed by atoms with Gasteiger partial charge >= 0.3 is 5.97 Å². The highest BCUT2D eigenvalue weighted by Crippen LogP contribution is 2.25. The number of halogens is 1. The zero-order chi connectivity index (χ0) is 21.0. The van der Waals surface area contributed by atoms with E-state index in [1.165, 1.54) is 12.1 Å². The van der Waals surface area contributed by atoms with E-state index in [4.69, 9.17) is 16.3 Å². The Labute approximate surface area is 171 Å². The highest BCUT2D eigenvalue weighted by atomic mass is 35.5. The van der Waals surface area contributed by atoms with Crippen molar-refractivity contribution in [3.05, 3.63) is 86.9 Å². The fourth-order valence-electron chi connectivity index (χ4n) is 3.03. The largest absolute Gasteiger partial charge is 0.452 e. The molecule has 0 saturated carbocycles. The van der Waals surface area contributed by atoms with Gasteiger partial charge in [0.2, 0.25) is 0 Å². The molecule has 0 fully saturated rings. The van der Waals surface area contributed by atoms with Crippen LogP contribution in [0.2, 0.25) is 5.02 Å². The standard InChI is InChI=1S/C21H17ClN2O5/c1-13(16-8-4-6-14-5-2-3-7-17(14)16)23-20(25)12-29-21(26)18-10-9-15(22)11-19(18)24(27)28/h2-11,13H,12H2,1H3,(H,23,25)/t13-/m0/s1. The number of nitrogens with zero attached hydrogens (tertiary/aromatic N) is 1. The summed E-state index contributed by atoms with van der Waals surface area (Å²) in [4.78, 5) is 34.7. The minimum atomic E-state index is -0.971. The van der Waals surface area contributed by atoms with Crippen molar-refractivity contribution in [2.45, 2.75) is 13.0 Å². The molecular formula is C21H17ClN2O5. The van der Waals surface area contributed by atoms with Crippen LogP contribution in [0.3, 0.4) is 0 Å². The zero-order valence-corrected chi connectivity index (χ0v) is 16.2. The van der Waals surface area contributed by atoms with E-state index in [-0.39, 0.29) is 16.6 Å². The van der Waals surface area contributed by atoms with E-state index in [1.54, 1.807) is 0 Å². The summed E-state index contributed by atoms with van der Waals surface area (Å²) in [5.41, 5.74) is 0.178. The normalized spacial score (nSPS) is 11.7. The summed E-state index contributed by atoms with van der Waals surface area (Å²) < 4.78 is 4.95. The van der Waals surface area contributed by atoms with E-state index in [1.807, 2.05) is 49.4 Å². The molecule has 1 amide bonds. The van der Waals surface area contributed by atoms with Gasteiger partial charge in [0.15, 0.2) is 6.61 Å². The molecule has 148 valence electrons. The van der Waals surface area contributed by atoms with Gasteiger partial charge in [-0.2, -0.15) is 0 Å². The molecule has 0 spiro atoms. The average molecular weight is 413 g/mol. The first-order valence-electron chi connectivity index (χ1n) is 8.75. The van der Waals surface area contributed by atoms with Gasteiger partial charge in [0, 0.05) is 11.1 Å². The Morgan fingerprint density at radius 1 is 1.14 bits per heavy atom. The van der Waals surface area contributed by atoms with Crippen LogP contribution in [-0.2, 0) is 9.53 Å². The van der Waals surface area contributed by atoms with Gasteiger partial charge < -0.3 is 10.1 Å². The molecule has 0 aliphatic heterocycles. The summed E-state index contributed by atoms with van der Waals surface area (Å²) in [5, 5.41) is 16.0. The van der Waals surface area contributed by atoms with Crippen molar-refractivity contribution < 1.29 is 19.2 Å². The second kappa shape index (κ2) is 8.70. The maximum absolute atomic E-state index is 12.2. The lowest BCUT2D eigenvalue weighted by atomic mass is 10.00. The molecule has 0 unspecified atom stereocenters. The Bertz CT molecular complexity index is 1090. The van der Waals surface area contributed by atoms with E-state index < -0.39 is 29.1 Å². The number of benzene rings is 3. The molecule has 0 aliphatic carbocycles. The molecule has 0 radical (unpaired) electrons. The molecule has 1 N–H and O–H groups in total. The van der Waals surface area contributed by atoms with Crippen LogP contribution in [0.15, 0.2) is 60.7 Å². The molecule has 3 rings (SSSR count). The second-order valence-corrected chi connectivity index (χ2v) is 6.79. The number of nitro benzene ring substituents is 1. The first kappa shape index (κ1) is 20.3. The molecule has 3 aromatic carbocycles. The van der Waals surface area contributed by atoms with E-state index in [0.717, 1.165) is 22.4 Å². The first-order chi connectivity index (χ1) is 13.9. The fourth-order valence-corrected chi connectivity index (χ4v) is 3.19. The lowest BCUT2D eigenvalue weighted by Crippen LogP contribution is -2.31. The molecule has 29 heavy (non-hydrogen) atoms. The van der Waals surface area contributed by atoms with E-state index in [0.29, 0.717) is 0 Å². The Balaban J connectivity index is 1.65. The molecule has 8 heteroatoms. The predicted octanol–water partition coefficient (Wildman–Crippen LogP) is 4.44. The maximum atomic E-state index is 12.2. The Morgan fingerprint density at radius 3 is 2.62 bits per heavy atom. The molecule has 1 atom stereocenters. The van der Waals surface area contributed by atoms with Crippen molar-refractivity contribution >= 4 is 39.9 Å². The lowest BCUT2D eigenvalue weighted by molar-refractivity contribution is -0.385. The van der Waals surface area contributed by atoms with Crippen molar-refractivity contribution in [3.8, 4) is 0 Å². The van der Waals surface area contributed by atoms with E-state index >= 15 is 0 Å². The summed E-state index contributed by atoms with van der Waals surface area (Å²) >= 11 is 5.73. The van der Waals surface area contributed by atoms with Crippen LogP contribution in [-0.4, -0.2) is 23.4 Å². The summed E-state index contributed by atoms with van der Waals surface area (Å²) in [6.07, 6.45) is 0. The minimum absolute atomic E-state index is 0.120. The number of ether oxygens (including phenoxy) is 1. The molecule has 0 saturated heterocycles. The van der Waals surface area contributed by atoms with Gasteiger partial charge in [-0.1, -0.05) is 54.1 Å². The number of nitrogens with one attached hydrogen (secondary N) is 1. The number of carbonyl (C=O) groups is 2. The minimum Gasteiger partial charge on any atom is -0.452 e. The van der Waals surface area contributed by atoms with Crippen LogP contribution in [0.25, 0.3) is 10.8 Å². The highest BCUT2D eigenvalue weighted by Gasteiger charge is 2.23. The maximum Gasteiger partial charge on any atom is 0.345 e. The summed E-state index contributed by atoms with van der Waals surface area (Å²) in [6.45, 7) is 1.26. The highest BCUT2D eigenvalue weighted by molar-refractivity contribution is 6.31. The number of hydrogen-bond donors (Lipinski definition) is 1. The molecule has 7 nitrogen and oxygen atoms in total. The van der Waals surface area contributed by atoms with Crippen molar-refractivity contribution in [2.24, 2.45) is 0 Å². The average Bonchev–Trinajstić information content (AvgIpc) is 2.71. The van der Waals surface area contributed by atoms with Gasteiger partial charge in [0.1, 0.15) is 5.56 Å². The van der Waals surface area contributed by atoms with Crippen molar-refractivity contribution in [3.63, 3.8) is 0 Å². The van der Waals surface area contributed by atoms with Gasteiger partial charge in [-0.3, -0.25) is 14.9 Å². The van der Waals surface area contributed by atoms with Crippen LogP contribution < -0.4 is 5.32 Å². The molecule has 3 aromatic rings. The summed E-state index contributed by atoms with van der Waals surface area (Å²) in [6, 6.07) is 16.9. The third-order valence-electron chi connectivity index (χ3n) is 4.38. The van der Waals surface area contributed by atoms with Gasteiger partial charge in [-0.15, -0.1) is 0 Å². The number of hydrogen-bond acceptors (Lipinski definition) is 5. The topological polar surface area (TPSA) is 98.5 Å². The Hall–Kier alpha value is -3.45. The number of carbonyl (C=O) groups excluding carboxylic acids is 2. The monoisotopic (exact) mass is 412 g/mol. The number of esters is 1. The fraction of sp³-hybridized carbons (Fsp3) is 0.143. The van der Waals surface area contributed by atoms with Crippen molar-refractivity contribution in [2.75, 3.05) is 6.61 Å². The summed E-state index contributed by atoms with van der Waals surface area (Å²) in [7, 11) is 0. The molecule has 0 bridgehead atoms. The smallest absolute Gasteiger partial charge is 0.345 e. The van der Waals surface area contributed by atoms with Crippen LogP contribution in [0.1, 0.15) is 28.9 Å². The van der Waals surface area contributed by atoms with Crippen LogP contribution >= 0.6 is 11.6 Å². The van der Waals surface area contributed by atoms with Gasteiger partial charge in [-0.25, -0.2) is 4.79 Å². The third kappa shape index (κ3) is 4.70. The SMILES string of the molecule is C[C@H](NC(=O)COC(=O)c1ccc(Cl)cc1[N+](=O)[O-])c1cccc2ccccc12. The van der Waals surface area contributed by atoms with Crippen LogP contribution in [0.5, 0.6) is 0 Å². The van der Waals surface area contributed by atoms with Crippen LogP contribution in [0.4, 0.5) is 5.69 Å². The first-order valence-corrected chi connectivity index (χ1v) is 9.12. The lowest BCUT2D eigenvalue weighted by Gasteiger charge is -2.16. The second-order valence-electron chi connectivity index (χ2n) is 6.35. The number of fused-ring (bicyclic) bond motifs is 1.